The number of aryl methyl sites for hydroxylation is 1. The molecule has 8 heteroatoms. The van der Waals surface area contributed by atoms with E-state index in [1.807, 2.05) is 31.3 Å². The van der Waals surface area contributed by atoms with Crippen molar-refractivity contribution in [2.24, 2.45) is 0 Å². The van der Waals surface area contributed by atoms with E-state index in [1.165, 1.54) is 0 Å². The van der Waals surface area contributed by atoms with Crippen LogP contribution in [0.1, 0.15) is 54.2 Å². The Bertz CT molecular complexity index is 1130. The summed E-state index contributed by atoms with van der Waals surface area (Å²) in [4.78, 5) is 35.4. The molecule has 0 bridgehead atoms. The quantitative estimate of drug-likeness (QED) is 0.455. The van der Waals surface area contributed by atoms with Crippen molar-refractivity contribution in [2.45, 2.75) is 57.7 Å². The molecule has 3 aromatic rings. The fourth-order valence-corrected chi connectivity index (χ4v) is 4.21. The Balaban J connectivity index is 1.27. The molecule has 0 spiro atoms. The molecule has 0 radical (unpaired) electrons. The van der Waals surface area contributed by atoms with E-state index in [9.17, 15) is 9.59 Å². The summed E-state index contributed by atoms with van der Waals surface area (Å²) in [5, 5.41) is 9.74. The highest BCUT2D eigenvalue weighted by Gasteiger charge is 2.21. The van der Waals surface area contributed by atoms with Crippen LogP contribution in [0.25, 0.3) is 11.0 Å². The van der Waals surface area contributed by atoms with Gasteiger partial charge >= 0.3 is 0 Å². The van der Waals surface area contributed by atoms with Crippen LogP contribution in [0, 0.1) is 0 Å². The highest BCUT2D eigenvalue weighted by Crippen LogP contribution is 2.22. The number of carbonyl (C=O) groups is 1. The van der Waals surface area contributed by atoms with Gasteiger partial charge in [0.1, 0.15) is 5.69 Å². The first-order valence-electron chi connectivity index (χ1n) is 11.2. The Morgan fingerprint density at radius 3 is 2.56 bits per heavy atom. The van der Waals surface area contributed by atoms with Gasteiger partial charge in [-0.05, 0) is 61.9 Å². The van der Waals surface area contributed by atoms with Gasteiger partial charge < -0.3 is 20.9 Å². The molecule has 0 unspecified atom stereocenters. The summed E-state index contributed by atoms with van der Waals surface area (Å²) in [6.45, 7) is 2.70. The maximum atomic E-state index is 12.1. The summed E-state index contributed by atoms with van der Waals surface area (Å²) in [6.07, 6.45) is 8.60. The Morgan fingerprint density at radius 1 is 1.09 bits per heavy atom. The molecule has 0 aliphatic heterocycles. The largest absolute Gasteiger partial charge is 0.381 e. The molecule has 0 atom stereocenters. The number of anilines is 1. The van der Waals surface area contributed by atoms with E-state index in [0.717, 1.165) is 60.1 Å². The third-order valence-corrected chi connectivity index (χ3v) is 6.12. The van der Waals surface area contributed by atoms with E-state index in [-0.39, 0.29) is 11.5 Å². The number of hydrogen-bond acceptors (Lipinski definition) is 6. The number of hydrogen-bond donors (Lipinski definition) is 4. The summed E-state index contributed by atoms with van der Waals surface area (Å²) < 4.78 is 0. The molecule has 8 nitrogen and oxygen atoms in total. The summed E-state index contributed by atoms with van der Waals surface area (Å²) in [6, 6.07) is 8.39. The zero-order valence-electron chi connectivity index (χ0n) is 18.6. The van der Waals surface area contributed by atoms with Crippen molar-refractivity contribution in [3.05, 3.63) is 63.8 Å². The smallest absolute Gasteiger partial charge is 0.269 e. The summed E-state index contributed by atoms with van der Waals surface area (Å²) in [5.74, 6) is -0.179. The van der Waals surface area contributed by atoms with Gasteiger partial charge in [-0.3, -0.25) is 14.6 Å². The SMILES string of the molecule is CCc1cc2ncc(CNC3CCC(Nc4ccc(C(=O)NC)nc4)CC3)cc2[nH]c1=O. The molecule has 4 N–H and O–H groups in total. The van der Waals surface area contributed by atoms with Crippen molar-refractivity contribution in [3.63, 3.8) is 0 Å². The fourth-order valence-electron chi connectivity index (χ4n) is 4.21. The van der Waals surface area contributed by atoms with Crippen LogP contribution in [0.2, 0.25) is 0 Å². The van der Waals surface area contributed by atoms with Crippen LogP contribution in [0.4, 0.5) is 5.69 Å². The van der Waals surface area contributed by atoms with Gasteiger partial charge in [0.25, 0.3) is 11.5 Å². The van der Waals surface area contributed by atoms with E-state index in [1.54, 1.807) is 19.3 Å². The topological polar surface area (TPSA) is 112 Å². The van der Waals surface area contributed by atoms with Crippen LogP contribution in [0.3, 0.4) is 0 Å². The van der Waals surface area contributed by atoms with Gasteiger partial charge in [-0.25, -0.2) is 4.98 Å². The summed E-state index contributed by atoms with van der Waals surface area (Å²) in [7, 11) is 1.60. The number of H-pyrrole nitrogens is 1. The Morgan fingerprint density at radius 2 is 1.88 bits per heavy atom. The van der Waals surface area contributed by atoms with Gasteiger partial charge in [0.05, 0.1) is 22.9 Å². The van der Waals surface area contributed by atoms with Crippen LogP contribution >= 0.6 is 0 Å². The van der Waals surface area contributed by atoms with E-state index in [2.05, 4.69) is 30.9 Å². The van der Waals surface area contributed by atoms with Gasteiger partial charge in [-0.2, -0.15) is 0 Å². The zero-order chi connectivity index (χ0) is 22.5. The van der Waals surface area contributed by atoms with Gasteiger partial charge in [0.2, 0.25) is 0 Å². The number of rotatable bonds is 7. The van der Waals surface area contributed by atoms with Crippen molar-refractivity contribution < 1.29 is 4.79 Å². The first-order valence-corrected chi connectivity index (χ1v) is 11.2. The van der Waals surface area contributed by atoms with Crippen LogP contribution in [-0.2, 0) is 13.0 Å². The molecule has 1 amide bonds. The highest BCUT2D eigenvalue weighted by atomic mass is 16.1. The number of pyridine rings is 3. The Labute approximate surface area is 187 Å². The van der Waals surface area contributed by atoms with Crippen molar-refractivity contribution in [3.8, 4) is 0 Å². The standard InChI is InChI=1S/C24H30N6O2/c1-3-16-11-21-22(30-23(16)31)10-15(13-27-21)12-26-17-4-6-18(7-5-17)29-19-8-9-20(28-14-19)24(32)25-2/h8-11,13-14,17-18,26,29H,3-7,12H2,1-2H3,(H,25,32)(H,30,31). The van der Waals surface area contributed by atoms with Gasteiger partial charge in [-0.1, -0.05) is 6.92 Å². The monoisotopic (exact) mass is 434 g/mol. The number of carbonyl (C=O) groups excluding carboxylic acids is 1. The average molecular weight is 435 g/mol. The number of aromatic amines is 1. The molecule has 1 aliphatic rings. The molecule has 3 heterocycles. The molecule has 1 saturated carbocycles. The maximum absolute atomic E-state index is 12.1. The second-order valence-electron chi connectivity index (χ2n) is 8.34. The normalized spacial score (nSPS) is 18.4. The lowest BCUT2D eigenvalue weighted by atomic mass is 9.91. The minimum atomic E-state index is -0.179. The lowest BCUT2D eigenvalue weighted by Gasteiger charge is -2.30. The predicted molar refractivity (Wildman–Crippen MR) is 126 cm³/mol. The Hall–Kier alpha value is -3.26. The second kappa shape index (κ2) is 9.91. The molecule has 32 heavy (non-hydrogen) atoms. The number of nitrogens with zero attached hydrogens (tertiary/aromatic N) is 2. The number of aromatic nitrogens is 3. The van der Waals surface area contributed by atoms with Crippen LogP contribution < -0.4 is 21.5 Å². The number of fused-ring (bicyclic) bond motifs is 1. The van der Waals surface area contributed by atoms with Crippen molar-refractivity contribution >= 4 is 22.6 Å². The lowest BCUT2D eigenvalue weighted by molar-refractivity contribution is 0.0958. The van der Waals surface area contributed by atoms with Crippen molar-refractivity contribution in [1.82, 2.24) is 25.6 Å². The molecule has 4 rings (SSSR count). The molecule has 168 valence electrons. The minimum absolute atomic E-state index is 0.0313. The molecule has 0 saturated heterocycles. The summed E-state index contributed by atoms with van der Waals surface area (Å²) >= 11 is 0. The molecule has 0 aromatic carbocycles. The average Bonchev–Trinajstić information content (AvgIpc) is 2.83. The maximum Gasteiger partial charge on any atom is 0.269 e. The van der Waals surface area contributed by atoms with Gasteiger partial charge in [0, 0.05) is 37.4 Å². The van der Waals surface area contributed by atoms with Crippen molar-refractivity contribution in [2.75, 3.05) is 12.4 Å². The van der Waals surface area contributed by atoms with E-state index < -0.39 is 0 Å². The zero-order valence-corrected chi connectivity index (χ0v) is 18.6. The second-order valence-corrected chi connectivity index (χ2v) is 8.34. The first-order chi connectivity index (χ1) is 15.6. The number of nitrogens with one attached hydrogen (secondary N) is 4. The third-order valence-electron chi connectivity index (χ3n) is 6.12. The van der Waals surface area contributed by atoms with E-state index in [0.29, 0.717) is 24.2 Å². The molecule has 1 aliphatic carbocycles. The van der Waals surface area contributed by atoms with Gasteiger partial charge in [-0.15, -0.1) is 0 Å². The Kier molecular flexibility index (Phi) is 6.80. The minimum Gasteiger partial charge on any atom is -0.381 e. The van der Waals surface area contributed by atoms with Crippen LogP contribution in [-0.4, -0.2) is 40.0 Å². The third kappa shape index (κ3) is 5.13. The highest BCUT2D eigenvalue weighted by molar-refractivity contribution is 5.92. The number of amides is 1. The predicted octanol–water partition coefficient (Wildman–Crippen LogP) is 2.75. The van der Waals surface area contributed by atoms with Gasteiger partial charge in [0.15, 0.2) is 0 Å². The lowest BCUT2D eigenvalue weighted by Crippen LogP contribution is -2.36. The van der Waals surface area contributed by atoms with Crippen LogP contribution in [0.15, 0.2) is 41.5 Å². The van der Waals surface area contributed by atoms with E-state index in [4.69, 9.17) is 0 Å². The molecular weight excluding hydrogens is 404 g/mol. The van der Waals surface area contributed by atoms with E-state index >= 15 is 0 Å². The summed E-state index contributed by atoms with van der Waals surface area (Å²) in [5.41, 5.74) is 4.78. The first kappa shape index (κ1) is 22.0. The molecule has 1 fully saturated rings. The molecule has 3 aromatic heterocycles. The fraction of sp³-hybridized carbons (Fsp3) is 0.417. The van der Waals surface area contributed by atoms with Crippen LogP contribution in [0.5, 0.6) is 0 Å². The van der Waals surface area contributed by atoms with Crippen molar-refractivity contribution in [1.29, 1.82) is 0 Å². The molecular formula is C24H30N6O2.